The summed E-state index contributed by atoms with van der Waals surface area (Å²) in [5.41, 5.74) is 3.76. The first kappa shape index (κ1) is 14.8. The fourth-order valence-electron chi connectivity index (χ4n) is 1.37. The molecule has 2 rings (SSSR count). The average molecular weight is 295 g/mol. The topological polar surface area (TPSA) is 93.6 Å². The monoisotopic (exact) mass is 295 g/mol. The van der Waals surface area contributed by atoms with E-state index in [1.165, 1.54) is 18.6 Å². The van der Waals surface area contributed by atoms with E-state index in [0.717, 1.165) is 5.56 Å². The normalized spacial score (nSPS) is 13.8. The molecule has 0 saturated carbocycles. The van der Waals surface area contributed by atoms with E-state index >= 15 is 0 Å². The van der Waals surface area contributed by atoms with E-state index in [1.807, 2.05) is 30.3 Å². The van der Waals surface area contributed by atoms with Crippen molar-refractivity contribution in [3.05, 3.63) is 60.2 Å². The first-order chi connectivity index (χ1) is 9.66. The third-order valence-corrected chi connectivity index (χ3v) is 3.11. The van der Waals surface area contributed by atoms with Crippen molar-refractivity contribution in [3.63, 3.8) is 0 Å². The van der Waals surface area contributed by atoms with Gasteiger partial charge in [0, 0.05) is 18.9 Å². The molecule has 2 aromatic rings. The van der Waals surface area contributed by atoms with E-state index in [9.17, 15) is 9.46 Å². The van der Waals surface area contributed by atoms with Gasteiger partial charge in [-0.25, -0.2) is 4.57 Å². The van der Waals surface area contributed by atoms with Gasteiger partial charge < -0.3 is 4.89 Å². The molecule has 2 N–H and O–H groups in total. The average Bonchev–Trinajstić information content (AvgIpc) is 2.47. The Morgan fingerprint density at radius 1 is 1.25 bits per heavy atom. The molecular formula is C12H14N3O4P. The number of hydrogen-bond donors (Lipinski definition) is 2. The highest BCUT2D eigenvalue weighted by Crippen LogP contribution is 2.42. The molecule has 20 heavy (non-hydrogen) atoms. The number of rotatable bonds is 7. The molecular weight excluding hydrogens is 281 g/mol. The van der Waals surface area contributed by atoms with Crippen LogP contribution in [0.3, 0.4) is 0 Å². The van der Waals surface area contributed by atoms with Gasteiger partial charge in [-0.1, -0.05) is 30.3 Å². The van der Waals surface area contributed by atoms with E-state index < -0.39 is 7.82 Å². The molecule has 1 unspecified atom stereocenters. The minimum Gasteiger partial charge on any atom is -0.301 e. The Labute approximate surface area is 116 Å². The second-order valence-electron chi connectivity index (χ2n) is 3.84. The van der Waals surface area contributed by atoms with Gasteiger partial charge in [-0.3, -0.25) is 14.5 Å². The van der Waals surface area contributed by atoms with Crippen LogP contribution in [0.2, 0.25) is 0 Å². The van der Waals surface area contributed by atoms with Crippen LogP contribution in [0.5, 0.6) is 0 Å². The Balaban J connectivity index is 1.75. The highest BCUT2D eigenvalue weighted by atomic mass is 31.2. The van der Waals surface area contributed by atoms with Gasteiger partial charge in [0.05, 0.1) is 11.9 Å². The van der Waals surface area contributed by atoms with Crippen molar-refractivity contribution in [2.75, 3.05) is 0 Å². The summed E-state index contributed by atoms with van der Waals surface area (Å²) in [5, 5.41) is 0. The molecule has 0 saturated heterocycles. The van der Waals surface area contributed by atoms with E-state index in [2.05, 4.69) is 20.1 Å². The van der Waals surface area contributed by atoms with Gasteiger partial charge in [0.1, 0.15) is 6.61 Å². The molecule has 0 fully saturated rings. The molecule has 1 heterocycles. The van der Waals surface area contributed by atoms with Gasteiger partial charge in [-0.2, -0.15) is 10.1 Å². The number of aromatic nitrogens is 2. The van der Waals surface area contributed by atoms with Gasteiger partial charge >= 0.3 is 7.82 Å². The van der Waals surface area contributed by atoms with Crippen LogP contribution in [0, 0.1) is 0 Å². The number of phosphoric acid groups is 1. The molecule has 1 aromatic heterocycles. The molecule has 0 aliphatic carbocycles. The Hall–Kier alpha value is -1.63. The summed E-state index contributed by atoms with van der Waals surface area (Å²) < 4.78 is 21.0. The highest BCUT2D eigenvalue weighted by molar-refractivity contribution is 7.47. The standard InChI is InChI=1S/C12H14N3O4P/c16-20(17,18-10-12-9-13-6-7-14-12)19-15-8-11-4-2-1-3-5-11/h1-7,9,15H,8,10H2,(H,16,17). The van der Waals surface area contributed by atoms with Gasteiger partial charge in [0.2, 0.25) is 0 Å². The van der Waals surface area contributed by atoms with Crippen molar-refractivity contribution in [2.45, 2.75) is 13.2 Å². The number of benzene rings is 1. The lowest BCUT2D eigenvalue weighted by atomic mass is 10.2. The van der Waals surface area contributed by atoms with Crippen molar-refractivity contribution in [2.24, 2.45) is 0 Å². The zero-order chi connectivity index (χ0) is 14.3. The smallest absolute Gasteiger partial charge is 0.301 e. The van der Waals surface area contributed by atoms with Crippen molar-refractivity contribution < 1.29 is 18.6 Å². The molecule has 1 atom stereocenters. The van der Waals surface area contributed by atoms with E-state index in [-0.39, 0.29) is 6.61 Å². The van der Waals surface area contributed by atoms with Crippen LogP contribution < -0.4 is 5.48 Å². The molecule has 0 spiro atoms. The third-order valence-electron chi connectivity index (χ3n) is 2.29. The molecule has 0 aliphatic heterocycles. The molecule has 0 radical (unpaired) electrons. The summed E-state index contributed by atoms with van der Waals surface area (Å²) in [6.45, 7) is 0.133. The van der Waals surface area contributed by atoms with Crippen LogP contribution in [-0.2, 0) is 26.9 Å². The largest absolute Gasteiger partial charge is 0.489 e. The lowest BCUT2D eigenvalue weighted by Crippen LogP contribution is -2.13. The Kier molecular flexibility index (Phi) is 5.34. The summed E-state index contributed by atoms with van der Waals surface area (Å²) >= 11 is 0. The first-order valence-corrected chi connectivity index (χ1v) is 7.33. The second-order valence-corrected chi connectivity index (χ2v) is 5.21. The van der Waals surface area contributed by atoms with Crippen LogP contribution in [0.1, 0.15) is 11.3 Å². The third kappa shape index (κ3) is 5.16. The fourth-order valence-corrected chi connectivity index (χ4v) is 1.95. The summed E-state index contributed by atoms with van der Waals surface area (Å²) in [5.74, 6) is 0. The van der Waals surface area contributed by atoms with E-state index in [1.54, 1.807) is 0 Å². The van der Waals surface area contributed by atoms with Crippen molar-refractivity contribution >= 4 is 7.82 Å². The number of nitrogens with one attached hydrogen (secondary N) is 1. The zero-order valence-electron chi connectivity index (χ0n) is 10.5. The predicted molar refractivity (Wildman–Crippen MR) is 71.0 cm³/mol. The molecule has 1 aromatic carbocycles. The van der Waals surface area contributed by atoms with Gasteiger partial charge in [0.25, 0.3) is 0 Å². The van der Waals surface area contributed by atoms with Crippen LogP contribution in [0.4, 0.5) is 0 Å². The maximum absolute atomic E-state index is 11.6. The van der Waals surface area contributed by atoms with E-state index in [4.69, 9.17) is 4.52 Å². The van der Waals surface area contributed by atoms with E-state index in [0.29, 0.717) is 12.2 Å². The quantitative estimate of drug-likeness (QED) is 0.594. The van der Waals surface area contributed by atoms with Gasteiger partial charge in [-0.05, 0) is 5.56 Å². The van der Waals surface area contributed by atoms with Gasteiger partial charge in [0.15, 0.2) is 0 Å². The molecule has 8 heteroatoms. The zero-order valence-corrected chi connectivity index (χ0v) is 11.4. The van der Waals surface area contributed by atoms with Crippen LogP contribution in [0.15, 0.2) is 48.9 Å². The highest BCUT2D eigenvalue weighted by Gasteiger charge is 2.21. The van der Waals surface area contributed by atoms with Crippen LogP contribution >= 0.6 is 7.82 Å². The lowest BCUT2D eigenvalue weighted by molar-refractivity contribution is 0.0887. The molecule has 7 nitrogen and oxygen atoms in total. The number of phosphoric ester groups is 1. The summed E-state index contributed by atoms with van der Waals surface area (Å²) in [6, 6.07) is 9.32. The van der Waals surface area contributed by atoms with Crippen LogP contribution in [-0.4, -0.2) is 14.9 Å². The molecule has 0 bridgehead atoms. The SMILES string of the molecule is O=P(O)(OCc1cnccn1)ONCc1ccccc1. The second kappa shape index (κ2) is 7.23. The van der Waals surface area contributed by atoms with Crippen molar-refractivity contribution in [1.29, 1.82) is 0 Å². The molecule has 0 amide bonds. The number of hydrogen-bond acceptors (Lipinski definition) is 6. The van der Waals surface area contributed by atoms with Gasteiger partial charge in [-0.15, -0.1) is 0 Å². The number of hydroxylamine groups is 1. The predicted octanol–water partition coefficient (Wildman–Crippen LogP) is 1.81. The summed E-state index contributed by atoms with van der Waals surface area (Å²) in [6.07, 6.45) is 4.41. The summed E-state index contributed by atoms with van der Waals surface area (Å²) in [7, 11) is -4.17. The molecule has 106 valence electrons. The Bertz CT molecular complexity index is 567. The maximum atomic E-state index is 11.6. The Morgan fingerprint density at radius 2 is 2.05 bits per heavy atom. The fraction of sp³-hybridized carbons (Fsp3) is 0.167. The maximum Gasteiger partial charge on any atom is 0.489 e. The lowest BCUT2D eigenvalue weighted by Gasteiger charge is -2.12. The minimum absolute atomic E-state index is 0.158. The minimum atomic E-state index is -4.17. The van der Waals surface area contributed by atoms with Crippen molar-refractivity contribution in [1.82, 2.24) is 15.4 Å². The van der Waals surface area contributed by atoms with Crippen LogP contribution in [0.25, 0.3) is 0 Å². The first-order valence-electron chi connectivity index (χ1n) is 5.83. The summed E-state index contributed by atoms with van der Waals surface area (Å²) in [4.78, 5) is 17.2. The Morgan fingerprint density at radius 3 is 2.75 bits per heavy atom. The van der Waals surface area contributed by atoms with Crippen molar-refractivity contribution in [3.8, 4) is 0 Å². The molecule has 0 aliphatic rings. The number of nitrogens with zero attached hydrogens (tertiary/aromatic N) is 2.